The predicted octanol–water partition coefficient (Wildman–Crippen LogP) is 7.23. The molecule has 4 rings (SSSR count). The molecular weight excluding hydrogens is 509 g/mol. The molecule has 3 aromatic carbocycles. The number of aliphatic hydroxyl groups excluding tert-OH is 1. The van der Waals surface area contributed by atoms with Crippen LogP contribution in [0.15, 0.2) is 79.1 Å². The number of ketones is 1. The molecule has 0 radical (unpaired) electrons. The number of aliphatic hydroxyl groups is 1. The molecule has 1 amide bonds. The maximum atomic E-state index is 13.5. The quantitative estimate of drug-likeness (QED) is 0.227. The van der Waals surface area contributed by atoms with Crippen molar-refractivity contribution in [3.63, 3.8) is 0 Å². The molecule has 7 heteroatoms. The fourth-order valence-corrected chi connectivity index (χ4v) is 5.10. The average molecular weight is 546 g/mol. The molecule has 0 aliphatic carbocycles. The van der Waals surface area contributed by atoms with E-state index < -0.39 is 23.4 Å². The lowest BCUT2D eigenvalue weighted by Gasteiger charge is -2.27. The van der Waals surface area contributed by atoms with Crippen LogP contribution in [-0.4, -0.2) is 40.6 Å². The molecule has 1 N–H and O–H groups in total. The van der Waals surface area contributed by atoms with E-state index in [1.165, 1.54) is 24.3 Å². The Labute approximate surface area is 235 Å². The molecule has 210 valence electrons. The highest BCUT2D eigenvalue weighted by molar-refractivity contribution is 5.98. The summed E-state index contributed by atoms with van der Waals surface area (Å²) < 4.78 is 25.1. The summed E-state index contributed by atoms with van der Waals surface area (Å²) in [5.41, 5.74) is 2.45. The summed E-state index contributed by atoms with van der Waals surface area (Å²) in [5, 5.41) is 9.89. The molecule has 6 nitrogen and oxygen atoms in total. The number of carbonyl (C=O) groups is 2. The second kappa shape index (κ2) is 11.9. The number of aryl methyl sites for hydroxylation is 3. The highest BCUT2D eigenvalue weighted by Gasteiger charge is 2.40. The Morgan fingerprint density at radius 3 is 2.25 bits per heavy atom. The van der Waals surface area contributed by atoms with E-state index >= 15 is 0 Å². The van der Waals surface area contributed by atoms with Crippen molar-refractivity contribution in [2.75, 3.05) is 13.1 Å². The Hall–Kier alpha value is -4.13. The summed E-state index contributed by atoms with van der Waals surface area (Å²) in [6.07, 6.45) is 0.870. The van der Waals surface area contributed by atoms with Gasteiger partial charge in [0.1, 0.15) is 23.1 Å². The van der Waals surface area contributed by atoms with Gasteiger partial charge in [-0.25, -0.2) is 9.18 Å². The number of benzene rings is 3. The van der Waals surface area contributed by atoms with Crippen LogP contribution in [0.4, 0.5) is 9.18 Å². The first-order chi connectivity index (χ1) is 18.9. The number of ether oxygens (including phenoxy) is 2. The van der Waals surface area contributed by atoms with Gasteiger partial charge in [-0.3, -0.25) is 4.79 Å². The van der Waals surface area contributed by atoms with Crippen molar-refractivity contribution in [1.82, 2.24) is 4.90 Å². The van der Waals surface area contributed by atoms with E-state index in [1.807, 2.05) is 32.0 Å². The molecule has 2 atom stereocenters. The molecule has 0 bridgehead atoms. The monoisotopic (exact) mass is 545 g/mol. The zero-order valence-corrected chi connectivity index (χ0v) is 23.4. The Morgan fingerprint density at radius 2 is 1.65 bits per heavy atom. The lowest BCUT2D eigenvalue weighted by atomic mass is 9.84. The van der Waals surface area contributed by atoms with E-state index in [2.05, 4.69) is 6.58 Å². The minimum absolute atomic E-state index is 0.0520. The van der Waals surface area contributed by atoms with Crippen LogP contribution in [0, 0.1) is 31.5 Å². The van der Waals surface area contributed by atoms with Crippen molar-refractivity contribution in [3.8, 4) is 11.5 Å². The highest BCUT2D eigenvalue weighted by atomic mass is 19.1. The van der Waals surface area contributed by atoms with Gasteiger partial charge in [0, 0.05) is 24.6 Å². The van der Waals surface area contributed by atoms with Gasteiger partial charge in [0.2, 0.25) is 0 Å². The highest BCUT2D eigenvalue weighted by Crippen LogP contribution is 2.34. The lowest BCUT2D eigenvalue weighted by molar-refractivity contribution is 0.0895. The van der Waals surface area contributed by atoms with Gasteiger partial charge in [0.15, 0.2) is 11.4 Å². The van der Waals surface area contributed by atoms with Crippen LogP contribution in [0.25, 0.3) is 0 Å². The zero-order valence-electron chi connectivity index (χ0n) is 23.4. The van der Waals surface area contributed by atoms with Gasteiger partial charge in [-0.1, -0.05) is 36.9 Å². The number of para-hydroxylation sites is 1. The fraction of sp³-hybridized carbons (Fsp3) is 0.333. The molecule has 0 saturated carbocycles. The van der Waals surface area contributed by atoms with E-state index in [0.29, 0.717) is 36.4 Å². The molecule has 1 aliphatic rings. The molecule has 0 spiro atoms. The maximum Gasteiger partial charge on any atom is 0.415 e. The van der Waals surface area contributed by atoms with Crippen molar-refractivity contribution in [1.29, 1.82) is 0 Å². The molecule has 1 heterocycles. The second-order valence-corrected chi connectivity index (χ2v) is 11.0. The van der Waals surface area contributed by atoms with Gasteiger partial charge in [-0.15, -0.1) is 0 Å². The van der Waals surface area contributed by atoms with Crippen molar-refractivity contribution < 1.29 is 28.6 Å². The van der Waals surface area contributed by atoms with Crippen LogP contribution in [0.5, 0.6) is 11.5 Å². The summed E-state index contributed by atoms with van der Waals surface area (Å²) in [4.78, 5) is 28.1. The standard InChI is InChI=1S/C33H36FNO5/c1-21-17-24(18-22(2)31(21)40-33(4,5)23(3)36)11-12-26-19-35(32(38)39-28-9-7-6-8-10-28)20-29(26)30(37)25-13-15-27(34)16-14-25/h6-10,13-18,26,29,36H,3,11-12,19-20H2,1-2,4-5H3/t26-,29-/m0/s1. The largest absolute Gasteiger partial charge is 0.509 e. The Morgan fingerprint density at radius 1 is 1.02 bits per heavy atom. The van der Waals surface area contributed by atoms with Crippen LogP contribution < -0.4 is 9.47 Å². The summed E-state index contributed by atoms with van der Waals surface area (Å²) in [5.74, 6) is 0.0374. The zero-order chi connectivity index (χ0) is 29.0. The number of amides is 1. The van der Waals surface area contributed by atoms with Gasteiger partial charge in [-0.2, -0.15) is 0 Å². The van der Waals surface area contributed by atoms with Gasteiger partial charge in [0.05, 0.1) is 0 Å². The molecular formula is C33H36FNO5. The normalized spacial score (nSPS) is 17.0. The second-order valence-electron chi connectivity index (χ2n) is 11.0. The number of rotatable bonds is 9. The van der Waals surface area contributed by atoms with Crippen molar-refractivity contribution in [3.05, 3.63) is 107 Å². The number of nitrogens with zero attached hydrogens (tertiary/aromatic N) is 1. The number of likely N-dealkylation sites (tertiary alicyclic amines) is 1. The Balaban J connectivity index is 1.51. The van der Waals surface area contributed by atoms with Gasteiger partial charge >= 0.3 is 6.09 Å². The number of hydrogen-bond acceptors (Lipinski definition) is 5. The smallest absolute Gasteiger partial charge is 0.415 e. The third-order valence-corrected chi connectivity index (χ3v) is 7.49. The topological polar surface area (TPSA) is 76.1 Å². The first-order valence-corrected chi connectivity index (χ1v) is 13.4. The van der Waals surface area contributed by atoms with Gasteiger partial charge < -0.3 is 19.5 Å². The number of halogens is 1. The number of carbonyl (C=O) groups excluding carboxylic acids is 2. The van der Waals surface area contributed by atoms with Gasteiger partial charge in [-0.05, 0) is 99.5 Å². The minimum atomic E-state index is -0.924. The van der Waals surface area contributed by atoms with E-state index in [0.717, 1.165) is 16.7 Å². The van der Waals surface area contributed by atoms with Crippen LogP contribution in [-0.2, 0) is 6.42 Å². The predicted molar refractivity (Wildman–Crippen MR) is 152 cm³/mol. The van der Waals surface area contributed by atoms with E-state index in [1.54, 1.807) is 43.0 Å². The number of Topliss-reactive ketones (excluding diaryl/α,β-unsaturated/α-hetero) is 1. The third-order valence-electron chi connectivity index (χ3n) is 7.49. The molecule has 1 aliphatic heterocycles. The molecule has 40 heavy (non-hydrogen) atoms. The molecule has 0 aromatic heterocycles. The van der Waals surface area contributed by atoms with Crippen LogP contribution >= 0.6 is 0 Å². The molecule has 1 saturated heterocycles. The summed E-state index contributed by atoms with van der Waals surface area (Å²) in [6.45, 7) is 11.7. The van der Waals surface area contributed by atoms with Crippen molar-refractivity contribution >= 4 is 11.9 Å². The molecule has 3 aromatic rings. The summed E-state index contributed by atoms with van der Waals surface area (Å²) in [7, 11) is 0. The Bertz CT molecular complexity index is 1360. The first-order valence-electron chi connectivity index (χ1n) is 13.4. The van der Waals surface area contributed by atoms with E-state index in [4.69, 9.17) is 9.47 Å². The Kier molecular flexibility index (Phi) is 8.62. The number of hydrogen-bond donors (Lipinski definition) is 1. The fourth-order valence-electron chi connectivity index (χ4n) is 5.10. The van der Waals surface area contributed by atoms with Crippen LogP contribution in [0.1, 0.15) is 47.3 Å². The molecule has 1 fully saturated rings. The third kappa shape index (κ3) is 6.71. The van der Waals surface area contributed by atoms with Crippen molar-refractivity contribution in [2.24, 2.45) is 11.8 Å². The maximum absolute atomic E-state index is 13.5. The minimum Gasteiger partial charge on any atom is -0.509 e. The summed E-state index contributed by atoms with van der Waals surface area (Å²) in [6, 6.07) is 18.5. The van der Waals surface area contributed by atoms with E-state index in [9.17, 15) is 19.1 Å². The average Bonchev–Trinajstić information content (AvgIpc) is 3.34. The van der Waals surface area contributed by atoms with E-state index in [-0.39, 0.29) is 24.0 Å². The van der Waals surface area contributed by atoms with Crippen molar-refractivity contribution in [2.45, 2.75) is 46.1 Å². The molecule has 0 unspecified atom stereocenters. The first kappa shape index (κ1) is 28.9. The van der Waals surface area contributed by atoms with Crippen LogP contribution in [0.2, 0.25) is 0 Å². The van der Waals surface area contributed by atoms with Gasteiger partial charge in [0.25, 0.3) is 0 Å². The van der Waals surface area contributed by atoms with Crippen LogP contribution in [0.3, 0.4) is 0 Å². The lowest BCUT2D eigenvalue weighted by Crippen LogP contribution is -2.32. The summed E-state index contributed by atoms with van der Waals surface area (Å²) >= 11 is 0. The SMILES string of the molecule is C=C(O)C(C)(C)Oc1c(C)cc(CC[C@H]2CN(C(=O)Oc3ccccc3)C[C@@H]2C(=O)c2ccc(F)cc2)cc1C.